The van der Waals surface area contributed by atoms with Gasteiger partial charge in [-0.2, -0.15) is 0 Å². The van der Waals surface area contributed by atoms with Crippen molar-refractivity contribution >= 4 is 17.7 Å². The highest BCUT2D eigenvalue weighted by atomic mass is 32.2. The molecule has 9 heteroatoms. The Labute approximate surface area is 188 Å². The number of nitrogens with one attached hydrogen (secondary N) is 2. The van der Waals surface area contributed by atoms with Crippen LogP contribution in [-0.2, 0) is 12.8 Å². The van der Waals surface area contributed by atoms with Gasteiger partial charge in [0.1, 0.15) is 5.82 Å². The van der Waals surface area contributed by atoms with Gasteiger partial charge in [-0.25, -0.2) is 0 Å². The van der Waals surface area contributed by atoms with Crippen LogP contribution in [0.5, 0.6) is 11.5 Å². The molecule has 0 atom stereocenters. The molecular weight excluding hydrogens is 412 g/mol. The van der Waals surface area contributed by atoms with Crippen molar-refractivity contribution in [1.29, 1.82) is 0 Å². The molecule has 1 aliphatic heterocycles. The third kappa shape index (κ3) is 5.44. The lowest BCUT2D eigenvalue weighted by atomic mass is 10.1. The minimum atomic E-state index is 0.309. The van der Waals surface area contributed by atoms with E-state index < -0.39 is 0 Å². The van der Waals surface area contributed by atoms with E-state index in [4.69, 9.17) is 9.47 Å². The van der Waals surface area contributed by atoms with Crippen LogP contribution < -0.4 is 20.1 Å². The van der Waals surface area contributed by atoms with Gasteiger partial charge < -0.3 is 24.7 Å². The lowest BCUT2D eigenvalue weighted by Crippen LogP contribution is -2.38. The number of hydrogen-bond acceptors (Lipinski definition) is 6. The van der Waals surface area contributed by atoms with Gasteiger partial charge in [0.2, 0.25) is 6.79 Å². The highest BCUT2D eigenvalue weighted by Crippen LogP contribution is 2.34. The Balaban J connectivity index is 1.20. The first kappa shape index (κ1) is 21.8. The Hall–Kier alpha value is -2.42. The molecule has 0 amide bonds. The molecule has 2 aromatic rings. The minimum Gasteiger partial charge on any atom is -0.454 e. The first-order valence-electron chi connectivity index (χ1n) is 11.1. The number of aliphatic imine (C=N–C) groups is 1. The number of benzene rings is 1. The summed E-state index contributed by atoms with van der Waals surface area (Å²) in [6.07, 6.45) is 10.00. The first-order valence-corrected chi connectivity index (χ1v) is 12.3. The fourth-order valence-electron chi connectivity index (χ4n) is 4.24. The van der Waals surface area contributed by atoms with Crippen LogP contribution >= 0.6 is 11.8 Å². The average molecular weight is 445 g/mol. The molecule has 1 saturated carbocycles. The normalized spacial score (nSPS) is 16.1. The predicted molar refractivity (Wildman–Crippen MR) is 123 cm³/mol. The Morgan fingerprint density at radius 3 is 2.74 bits per heavy atom. The van der Waals surface area contributed by atoms with Crippen LogP contribution in [0.1, 0.15) is 49.5 Å². The monoisotopic (exact) mass is 444 g/mol. The molecule has 1 aliphatic carbocycles. The smallest absolute Gasteiger partial charge is 0.231 e. The third-order valence-corrected chi connectivity index (χ3v) is 6.49. The van der Waals surface area contributed by atoms with Crippen molar-refractivity contribution in [3.8, 4) is 11.5 Å². The molecular formula is C22H32N6O2S. The Morgan fingerprint density at radius 1 is 1.13 bits per heavy atom. The van der Waals surface area contributed by atoms with E-state index in [0.717, 1.165) is 60.8 Å². The van der Waals surface area contributed by atoms with Gasteiger partial charge in [-0.05, 0) is 49.6 Å². The Bertz CT molecular complexity index is 894. The number of aryl methyl sites for hydroxylation is 1. The van der Waals surface area contributed by atoms with Gasteiger partial charge in [-0.15, -0.1) is 10.2 Å². The van der Waals surface area contributed by atoms with Gasteiger partial charge in [0.15, 0.2) is 22.6 Å². The van der Waals surface area contributed by atoms with Gasteiger partial charge >= 0.3 is 0 Å². The summed E-state index contributed by atoms with van der Waals surface area (Å²) in [4.78, 5) is 4.33. The Morgan fingerprint density at radius 2 is 1.94 bits per heavy atom. The lowest BCUT2D eigenvalue weighted by molar-refractivity contribution is 0.174. The number of guanidine groups is 1. The van der Waals surface area contributed by atoms with E-state index in [2.05, 4.69) is 42.7 Å². The maximum Gasteiger partial charge on any atom is 0.231 e. The standard InChI is InChI=1S/C22H32N6O2S/c1-23-21(25-13-11-16-9-10-18-19(14-16)30-15-29-18)24-12-5-8-20-26-27-22(31-2)28(20)17-6-3-4-7-17/h9-10,14,17H,3-8,11-13,15H2,1-2H3,(H2,23,24,25). The maximum atomic E-state index is 5.45. The number of ether oxygens (including phenoxy) is 2. The largest absolute Gasteiger partial charge is 0.454 e. The summed E-state index contributed by atoms with van der Waals surface area (Å²) in [6.45, 7) is 1.95. The van der Waals surface area contributed by atoms with Crippen molar-refractivity contribution in [2.24, 2.45) is 4.99 Å². The zero-order valence-electron chi connectivity index (χ0n) is 18.4. The van der Waals surface area contributed by atoms with Gasteiger partial charge in [0.05, 0.1) is 0 Å². The zero-order valence-corrected chi connectivity index (χ0v) is 19.2. The van der Waals surface area contributed by atoms with E-state index in [9.17, 15) is 0 Å². The summed E-state index contributed by atoms with van der Waals surface area (Å²) in [5, 5.41) is 16.7. The van der Waals surface area contributed by atoms with E-state index >= 15 is 0 Å². The molecule has 0 unspecified atom stereocenters. The topological polar surface area (TPSA) is 85.6 Å². The number of aromatic nitrogens is 3. The fourth-order valence-corrected chi connectivity index (χ4v) is 4.82. The van der Waals surface area contributed by atoms with E-state index in [1.807, 2.05) is 12.1 Å². The first-order chi connectivity index (χ1) is 15.3. The van der Waals surface area contributed by atoms with E-state index in [0.29, 0.717) is 12.8 Å². The maximum absolute atomic E-state index is 5.45. The molecule has 2 heterocycles. The molecule has 31 heavy (non-hydrogen) atoms. The fraction of sp³-hybridized carbons (Fsp3) is 0.591. The quantitative estimate of drug-likeness (QED) is 0.266. The molecule has 0 radical (unpaired) electrons. The van der Waals surface area contributed by atoms with E-state index in [1.165, 1.54) is 31.2 Å². The predicted octanol–water partition coefficient (Wildman–Crippen LogP) is 3.18. The molecule has 2 N–H and O–H groups in total. The molecule has 0 spiro atoms. The van der Waals surface area contributed by atoms with Gasteiger partial charge in [-0.1, -0.05) is 30.7 Å². The van der Waals surface area contributed by atoms with Crippen molar-refractivity contribution in [3.05, 3.63) is 29.6 Å². The number of hydrogen-bond donors (Lipinski definition) is 2. The molecule has 0 saturated heterocycles. The summed E-state index contributed by atoms with van der Waals surface area (Å²) >= 11 is 1.69. The van der Waals surface area contributed by atoms with Crippen LogP contribution in [0.25, 0.3) is 0 Å². The second-order valence-corrected chi connectivity index (χ2v) is 8.65. The molecule has 4 rings (SSSR count). The zero-order chi connectivity index (χ0) is 21.5. The van der Waals surface area contributed by atoms with Crippen LogP contribution in [0.2, 0.25) is 0 Å². The van der Waals surface area contributed by atoms with Crippen molar-refractivity contribution in [2.45, 2.75) is 56.1 Å². The van der Waals surface area contributed by atoms with Crippen LogP contribution in [0.15, 0.2) is 28.3 Å². The molecule has 0 bridgehead atoms. The minimum absolute atomic E-state index is 0.309. The highest BCUT2D eigenvalue weighted by Gasteiger charge is 2.23. The van der Waals surface area contributed by atoms with Gasteiger partial charge in [-0.3, -0.25) is 4.99 Å². The molecule has 1 aromatic carbocycles. The van der Waals surface area contributed by atoms with Crippen molar-refractivity contribution in [1.82, 2.24) is 25.4 Å². The summed E-state index contributed by atoms with van der Waals surface area (Å²) < 4.78 is 13.2. The van der Waals surface area contributed by atoms with Crippen LogP contribution in [0, 0.1) is 0 Å². The summed E-state index contributed by atoms with van der Waals surface area (Å²) in [5.74, 6) is 3.59. The van der Waals surface area contributed by atoms with Crippen LogP contribution in [0.4, 0.5) is 0 Å². The molecule has 8 nitrogen and oxygen atoms in total. The van der Waals surface area contributed by atoms with E-state index in [1.54, 1.807) is 18.8 Å². The van der Waals surface area contributed by atoms with Crippen molar-refractivity contribution in [3.63, 3.8) is 0 Å². The summed E-state index contributed by atoms with van der Waals surface area (Å²) in [5.41, 5.74) is 1.21. The third-order valence-electron chi connectivity index (χ3n) is 5.84. The van der Waals surface area contributed by atoms with E-state index in [-0.39, 0.29) is 0 Å². The second kappa shape index (κ2) is 10.7. The molecule has 1 fully saturated rings. The summed E-state index contributed by atoms with van der Waals surface area (Å²) in [6, 6.07) is 6.67. The SMILES string of the molecule is CN=C(NCCCc1nnc(SC)n1C1CCCC1)NCCc1ccc2c(c1)OCO2. The molecule has 1 aromatic heterocycles. The lowest BCUT2D eigenvalue weighted by Gasteiger charge is -2.16. The highest BCUT2D eigenvalue weighted by molar-refractivity contribution is 7.98. The molecule has 168 valence electrons. The number of fused-ring (bicyclic) bond motifs is 1. The van der Waals surface area contributed by atoms with Crippen LogP contribution in [0.3, 0.4) is 0 Å². The summed E-state index contributed by atoms with van der Waals surface area (Å²) in [7, 11) is 1.80. The molecule has 2 aliphatic rings. The number of nitrogens with zero attached hydrogens (tertiary/aromatic N) is 4. The second-order valence-electron chi connectivity index (χ2n) is 7.88. The van der Waals surface area contributed by atoms with Crippen molar-refractivity contribution in [2.75, 3.05) is 33.2 Å². The van der Waals surface area contributed by atoms with Crippen molar-refractivity contribution < 1.29 is 9.47 Å². The number of thioether (sulfide) groups is 1. The van der Waals surface area contributed by atoms with Gasteiger partial charge in [0, 0.05) is 32.6 Å². The van der Waals surface area contributed by atoms with Crippen LogP contribution in [-0.4, -0.2) is 53.9 Å². The van der Waals surface area contributed by atoms with Gasteiger partial charge in [0.25, 0.3) is 0 Å². The average Bonchev–Trinajstić information content (AvgIpc) is 3.55. The Kier molecular flexibility index (Phi) is 7.56. The number of rotatable bonds is 9.